The van der Waals surface area contributed by atoms with E-state index in [0.29, 0.717) is 0 Å². The van der Waals surface area contributed by atoms with Gasteiger partial charge < -0.3 is 9.55 Å². The van der Waals surface area contributed by atoms with Crippen molar-refractivity contribution in [2.45, 2.75) is 54.4 Å². The molecule has 0 saturated carbocycles. The Morgan fingerprint density at radius 3 is 2.00 bits per heavy atom. The van der Waals surface area contributed by atoms with Gasteiger partial charge in [0, 0.05) is 38.6 Å². The van der Waals surface area contributed by atoms with Crippen LogP contribution in [0.5, 0.6) is 0 Å². The molecule has 0 unspecified atom stereocenters. The number of allylic oxidation sites excluding steroid dienone is 1. The van der Waals surface area contributed by atoms with Crippen molar-refractivity contribution >= 4 is 38.8 Å². The maximum absolute atomic E-state index is 3.63. The molecule has 0 saturated heterocycles. The van der Waals surface area contributed by atoms with Gasteiger partial charge in [-0.2, -0.15) is 0 Å². The Hall–Kier alpha value is -4.04. The summed E-state index contributed by atoms with van der Waals surface area (Å²) < 4.78 is 2.44. The van der Waals surface area contributed by atoms with E-state index >= 15 is 0 Å². The van der Waals surface area contributed by atoms with E-state index < -0.39 is 0 Å². The molecule has 2 nitrogen and oxygen atoms in total. The van der Waals surface area contributed by atoms with E-state index in [9.17, 15) is 0 Å². The second kappa shape index (κ2) is 12.5. The highest BCUT2D eigenvalue weighted by Crippen LogP contribution is 2.39. The lowest BCUT2D eigenvalue weighted by atomic mass is 10.0. The van der Waals surface area contributed by atoms with Gasteiger partial charge in [0.1, 0.15) is 0 Å². The van der Waals surface area contributed by atoms with E-state index in [0.717, 1.165) is 12.8 Å². The topological polar surface area (TPSA) is 20.7 Å². The summed E-state index contributed by atoms with van der Waals surface area (Å²) in [6.45, 7) is 12.5. The number of nitrogens with one attached hydrogen (secondary N) is 1. The lowest BCUT2D eigenvalue weighted by Crippen LogP contribution is -1.97. The van der Waals surface area contributed by atoms with Gasteiger partial charge in [-0.25, -0.2) is 0 Å². The molecule has 0 spiro atoms. The highest BCUT2D eigenvalue weighted by atomic mass is 15.0. The Balaban J connectivity index is 0.000000804. The number of hydrogen-bond donors (Lipinski definition) is 1. The summed E-state index contributed by atoms with van der Waals surface area (Å²) in [7, 11) is 0. The summed E-state index contributed by atoms with van der Waals surface area (Å²) in [5.41, 5.74) is 10.0. The third-order valence-corrected chi connectivity index (χ3v) is 6.84. The summed E-state index contributed by atoms with van der Waals surface area (Å²) in [6, 6.07) is 32.7. The molecule has 38 heavy (non-hydrogen) atoms. The number of para-hydroxylation sites is 1. The Labute approximate surface area is 227 Å². The Morgan fingerprint density at radius 2 is 1.32 bits per heavy atom. The maximum atomic E-state index is 3.63. The van der Waals surface area contributed by atoms with Gasteiger partial charge in [0.05, 0.1) is 5.52 Å². The molecule has 0 atom stereocenters. The second-order valence-electron chi connectivity index (χ2n) is 8.83. The van der Waals surface area contributed by atoms with Gasteiger partial charge in [0.25, 0.3) is 0 Å². The van der Waals surface area contributed by atoms with Crippen molar-refractivity contribution < 1.29 is 0 Å². The molecule has 194 valence electrons. The standard InChI is InChI=1S/C32H28N2.2C2H6/c1-3-5-15-29-25(4-2)32-30(21-20-28-31(32)26-13-9-10-14-27(26)33-28)34(29)24-18-16-23(17-19-24)22-11-7-6-8-12-22;2*1-2/h5-21,33H,3-4H2,1-2H3;2*1-2H3/b15-5-;;. The SMILES string of the molecule is CC.CC.CC/C=C\c1c(CC)c2c3c(ccc2n1-c1ccc(-c2ccccc2)cc1)[nH]c1ccccc13. The second-order valence-corrected chi connectivity index (χ2v) is 8.83. The third kappa shape index (κ3) is 4.79. The van der Waals surface area contributed by atoms with Gasteiger partial charge in [0.2, 0.25) is 0 Å². The molecule has 4 aromatic carbocycles. The predicted molar refractivity (Wildman–Crippen MR) is 169 cm³/mol. The van der Waals surface area contributed by atoms with E-state index in [2.05, 4.69) is 127 Å². The number of aromatic nitrogens is 2. The first-order valence-corrected chi connectivity index (χ1v) is 14.2. The number of fused-ring (bicyclic) bond motifs is 5. The van der Waals surface area contributed by atoms with Crippen LogP contribution < -0.4 is 0 Å². The molecule has 0 aliphatic carbocycles. The van der Waals surface area contributed by atoms with Crippen molar-refractivity contribution in [3.63, 3.8) is 0 Å². The van der Waals surface area contributed by atoms with Crippen molar-refractivity contribution in [2.75, 3.05) is 0 Å². The third-order valence-electron chi connectivity index (χ3n) is 6.84. The molecule has 6 rings (SSSR count). The molecule has 2 aromatic heterocycles. The van der Waals surface area contributed by atoms with Gasteiger partial charge in [-0.05, 0) is 65.9 Å². The minimum atomic E-state index is 0.980. The van der Waals surface area contributed by atoms with Crippen LogP contribution in [0.3, 0.4) is 0 Å². The van der Waals surface area contributed by atoms with E-state index in [4.69, 9.17) is 0 Å². The Bertz CT molecular complexity index is 1650. The number of H-pyrrole nitrogens is 1. The average Bonchev–Trinajstić information content (AvgIpc) is 3.53. The van der Waals surface area contributed by atoms with Gasteiger partial charge in [-0.3, -0.25) is 0 Å². The van der Waals surface area contributed by atoms with Crippen molar-refractivity contribution in [1.82, 2.24) is 9.55 Å². The summed E-state index contributed by atoms with van der Waals surface area (Å²) in [6.07, 6.45) is 6.58. The number of hydrogen-bond acceptors (Lipinski definition) is 0. The quantitative estimate of drug-likeness (QED) is 0.243. The highest BCUT2D eigenvalue weighted by Gasteiger charge is 2.20. The van der Waals surface area contributed by atoms with Crippen LogP contribution in [0.1, 0.15) is 59.2 Å². The summed E-state index contributed by atoms with van der Waals surface area (Å²) in [5.74, 6) is 0. The minimum Gasteiger partial charge on any atom is -0.354 e. The summed E-state index contributed by atoms with van der Waals surface area (Å²) in [5, 5.41) is 3.98. The molecule has 1 N–H and O–H groups in total. The highest BCUT2D eigenvalue weighted by molar-refractivity contribution is 6.21. The van der Waals surface area contributed by atoms with Crippen molar-refractivity contribution in [2.24, 2.45) is 0 Å². The number of nitrogens with zero attached hydrogens (tertiary/aromatic N) is 1. The first-order chi connectivity index (χ1) is 18.8. The molecule has 0 radical (unpaired) electrons. The van der Waals surface area contributed by atoms with Gasteiger partial charge >= 0.3 is 0 Å². The fraction of sp³-hybridized carbons (Fsp3) is 0.222. The first kappa shape index (κ1) is 27.0. The molecular weight excluding hydrogens is 460 g/mol. The molecule has 2 heterocycles. The molecular formula is C36H40N2. The zero-order valence-electron chi connectivity index (χ0n) is 23.7. The fourth-order valence-electron chi connectivity index (χ4n) is 5.29. The van der Waals surface area contributed by atoms with Crippen LogP contribution in [-0.2, 0) is 6.42 Å². The number of rotatable bonds is 5. The van der Waals surface area contributed by atoms with E-state index in [-0.39, 0.29) is 0 Å². The van der Waals surface area contributed by atoms with E-state index in [1.807, 2.05) is 27.7 Å². The Morgan fingerprint density at radius 1 is 0.658 bits per heavy atom. The molecule has 0 bridgehead atoms. The maximum Gasteiger partial charge on any atom is 0.0545 e. The smallest absolute Gasteiger partial charge is 0.0545 e. The molecule has 0 aliphatic rings. The zero-order valence-corrected chi connectivity index (χ0v) is 23.7. The Kier molecular flexibility index (Phi) is 8.86. The first-order valence-electron chi connectivity index (χ1n) is 14.2. The molecule has 0 aliphatic heterocycles. The largest absolute Gasteiger partial charge is 0.354 e. The molecule has 2 heteroatoms. The summed E-state index contributed by atoms with van der Waals surface area (Å²) in [4.78, 5) is 3.63. The van der Waals surface area contributed by atoms with Gasteiger partial charge in [-0.15, -0.1) is 0 Å². The lowest BCUT2D eigenvalue weighted by Gasteiger charge is -2.11. The molecule has 0 amide bonds. The van der Waals surface area contributed by atoms with Crippen LogP contribution in [-0.4, -0.2) is 9.55 Å². The van der Waals surface area contributed by atoms with Crippen LogP contribution >= 0.6 is 0 Å². The number of aryl methyl sites for hydroxylation is 1. The lowest BCUT2D eigenvalue weighted by molar-refractivity contribution is 1.06. The zero-order chi connectivity index (χ0) is 27.1. The monoisotopic (exact) mass is 500 g/mol. The van der Waals surface area contributed by atoms with E-state index in [1.54, 1.807) is 0 Å². The normalized spacial score (nSPS) is 11.0. The van der Waals surface area contributed by atoms with Crippen molar-refractivity contribution in [3.8, 4) is 16.8 Å². The van der Waals surface area contributed by atoms with Crippen LogP contribution in [0.25, 0.3) is 55.6 Å². The van der Waals surface area contributed by atoms with Gasteiger partial charge in [-0.1, -0.05) is 108 Å². The van der Waals surface area contributed by atoms with Crippen LogP contribution in [0.4, 0.5) is 0 Å². The van der Waals surface area contributed by atoms with Crippen LogP contribution in [0, 0.1) is 0 Å². The van der Waals surface area contributed by atoms with E-state index in [1.165, 1.54) is 60.8 Å². The molecule has 0 fully saturated rings. The number of benzene rings is 4. The summed E-state index contributed by atoms with van der Waals surface area (Å²) >= 11 is 0. The fourth-order valence-corrected chi connectivity index (χ4v) is 5.29. The molecule has 6 aromatic rings. The van der Waals surface area contributed by atoms with Crippen LogP contribution in [0.15, 0.2) is 97.1 Å². The van der Waals surface area contributed by atoms with Gasteiger partial charge in [0.15, 0.2) is 0 Å². The minimum absolute atomic E-state index is 0.980. The van der Waals surface area contributed by atoms with Crippen molar-refractivity contribution in [1.29, 1.82) is 0 Å². The van der Waals surface area contributed by atoms with Crippen molar-refractivity contribution in [3.05, 3.63) is 108 Å². The predicted octanol–water partition coefficient (Wildman–Crippen LogP) is 11.0. The average molecular weight is 501 g/mol. The van der Waals surface area contributed by atoms with Crippen LogP contribution in [0.2, 0.25) is 0 Å². The number of aromatic amines is 1.